The van der Waals surface area contributed by atoms with E-state index in [-0.39, 0.29) is 42.0 Å². The Labute approximate surface area is 274 Å². The van der Waals surface area contributed by atoms with Gasteiger partial charge in [-0.1, -0.05) is 24.3 Å². The molecule has 3 aliphatic heterocycles. The number of fused-ring (bicyclic) bond motifs is 5. The predicted octanol–water partition coefficient (Wildman–Crippen LogP) is 2.34. The highest BCUT2D eigenvalue weighted by molar-refractivity contribution is 7.90. The van der Waals surface area contributed by atoms with Crippen molar-refractivity contribution in [1.29, 1.82) is 0 Å². The smallest absolute Gasteiger partial charge is 0.255 e. The Bertz CT molecular complexity index is 1720. The molecule has 4 heterocycles. The van der Waals surface area contributed by atoms with Gasteiger partial charge in [0, 0.05) is 50.1 Å². The third kappa shape index (κ3) is 7.59. The molecule has 6 rings (SSSR count). The second-order valence-corrected chi connectivity index (χ2v) is 14.4. The fourth-order valence-electron chi connectivity index (χ4n) is 6.53. The van der Waals surface area contributed by atoms with Gasteiger partial charge in [0.05, 0.1) is 42.4 Å². The lowest BCUT2D eigenvalue weighted by Gasteiger charge is -2.34. The molecule has 2 amide bonds. The van der Waals surface area contributed by atoms with Crippen molar-refractivity contribution in [2.45, 2.75) is 67.5 Å². The molecule has 0 radical (unpaired) electrons. The molecule has 2 aromatic carbocycles. The Hall–Kier alpha value is -4.04. The van der Waals surface area contributed by atoms with Gasteiger partial charge in [-0.3, -0.25) is 14.5 Å². The molecule has 0 aliphatic carbocycles. The first-order valence-electron chi connectivity index (χ1n) is 15.8. The number of methoxy groups -OCH3 is 1. The molecule has 250 valence electrons. The van der Waals surface area contributed by atoms with Crippen molar-refractivity contribution in [3.05, 3.63) is 71.9 Å². The number of aliphatic hydroxyl groups is 1. The molecule has 3 aromatic rings. The molecular weight excluding hydrogens is 624 g/mol. The number of aliphatic hydroxyl groups excluding tert-OH is 1. The quantitative estimate of drug-likeness (QED) is 0.370. The average molecular weight is 665 g/mol. The third-order valence-corrected chi connectivity index (χ3v) is 10.2. The van der Waals surface area contributed by atoms with Gasteiger partial charge in [-0.05, 0) is 60.7 Å². The third-order valence-electron chi connectivity index (χ3n) is 9.06. The molecular formula is C34H40N4O8S. The van der Waals surface area contributed by atoms with Gasteiger partial charge >= 0.3 is 0 Å². The van der Waals surface area contributed by atoms with Crippen LogP contribution in [0.15, 0.2) is 65.7 Å². The minimum Gasteiger partial charge on any atom is -0.493 e. The SMILES string of the molecule is COc1ncccc1CN1C[C@@H]2C[C@H]1C(=O)NC[C@H]1O[C@H](CCOc3cc(-c4ccc(S(C)(=O)=O)cc4)ccc3C(=O)N2)CC[C@@H]1O. The van der Waals surface area contributed by atoms with Crippen molar-refractivity contribution in [2.24, 2.45) is 0 Å². The number of rotatable bonds is 5. The molecule has 4 bridgehead atoms. The molecule has 0 unspecified atom stereocenters. The summed E-state index contributed by atoms with van der Waals surface area (Å²) in [7, 11) is -1.79. The van der Waals surface area contributed by atoms with Crippen molar-refractivity contribution < 1.29 is 37.3 Å². The Balaban J connectivity index is 1.30. The number of hydrogen-bond acceptors (Lipinski definition) is 10. The Kier molecular flexibility index (Phi) is 9.78. The van der Waals surface area contributed by atoms with Crippen LogP contribution in [0.2, 0.25) is 0 Å². The second kappa shape index (κ2) is 14.0. The van der Waals surface area contributed by atoms with Crippen LogP contribution in [0.4, 0.5) is 0 Å². The molecule has 1 aromatic heterocycles. The normalized spacial score (nSPS) is 25.6. The molecule has 47 heavy (non-hydrogen) atoms. The maximum atomic E-state index is 13.8. The van der Waals surface area contributed by atoms with Crippen LogP contribution in [-0.4, -0.2) is 98.7 Å². The van der Waals surface area contributed by atoms with Crippen molar-refractivity contribution >= 4 is 21.7 Å². The zero-order valence-corrected chi connectivity index (χ0v) is 27.2. The highest BCUT2D eigenvalue weighted by atomic mass is 32.2. The molecule has 2 saturated heterocycles. The van der Waals surface area contributed by atoms with Gasteiger partial charge < -0.3 is 30.0 Å². The summed E-state index contributed by atoms with van der Waals surface area (Å²) < 4.78 is 41.8. The van der Waals surface area contributed by atoms with Crippen molar-refractivity contribution in [2.75, 3.05) is 33.1 Å². The molecule has 12 nitrogen and oxygen atoms in total. The summed E-state index contributed by atoms with van der Waals surface area (Å²) in [5.41, 5.74) is 2.70. The van der Waals surface area contributed by atoms with Crippen molar-refractivity contribution in [3.8, 4) is 22.8 Å². The summed E-state index contributed by atoms with van der Waals surface area (Å²) in [5, 5.41) is 16.8. The first-order valence-corrected chi connectivity index (χ1v) is 17.7. The van der Waals surface area contributed by atoms with E-state index in [4.69, 9.17) is 14.2 Å². The topological polar surface area (TPSA) is 156 Å². The Morgan fingerprint density at radius 2 is 1.85 bits per heavy atom. The van der Waals surface area contributed by atoms with E-state index in [0.717, 1.165) is 22.9 Å². The Morgan fingerprint density at radius 1 is 1.06 bits per heavy atom. The van der Waals surface area contributed by atoms with Crippen molar-refractivity contribution in [3.63, 3.8) is 0 Å². The summed E-state index contributed by atoms with van der Waals surface area (Å²) >= 11 is 0. The highest BCUT2D eigenvalue weighted by Gasteiger charge is 2.39. The average Bonchev–Trinajstić information content (AvgIpc) is 3.46. The Morgan fingerprint density at radius 3 is 2.62 bits per heavy atom. The van der Waals surface area contributed by atoms with E-state index in [2.05, 4.69) is 15.6 Å². The first kappa shape index (κ1) is 32.9. The maximum absolute atomic E-state index is 13.8. The van der Waals surface area contributed by atoms with Gasteiger partial charge in [0.25, 0.3) is 5.91 Å². The number of hydrogen-bond donors (Lipinski definition) is 3. The number of aromatic nitrogens is 1. The number of ether oxygens (including phenoxy) is 3. The fraction of sp³-hybridized carbons (Fsp3) is 0.441. The van der Waals surface area contributed by atoms with Crippen LogP contribution < -0.4 is 20.1 Å². The molecule has 0 saturated carbocycles. The predicted molar refractivity (Wildman–Crippen MR) is 173 cm³/mol. The van der Waals surface area contributed by atoms with E-state index >= 15 is 0 Å². The molecule has 5 atom stereocenters. The zero-order chi connectivity index (χ0) is 33.1. The number of benzene rings is 2. The number of nitrogens with one attached hydrogen (secondary N) is 2. The lowest BCUT2D eigenvalue weighted by atomic mass is 9.99. The van der Waals surface area contributed by atoms with E-state index in [1.165, 1.54) is 0 Å². The van der Waals surface area contributed by atoms with Gasteiger partial charge in [0.2, 0.25) is 11.8 Å². The van der Waals surface area contributed by atoms with Gasteiger partial charge in [-0.2, -0.15) is 0 Å². The summed E-state index contributed by atoms with van der Waals surface area (Å²) in [4.78, 5) is 33.9. The largest absolute Gasteiger partial charge is 0.493 e. The van der Waals surface area contributed by atoms with Gasteiger partial charge in [0.15, 0.2) is 9.84 Å². The van der Waals surface area contributed by atoms with E-state index in [1.54, 1.807) is 55.8 Å². The van der Waals surface area contributed by atoms with Crippen LogP contribution in [-0.2, 0) is 25.9 Å². The maximum Gasteiger partial charge on any atom is 0.255 e. The minimum atomic E-state index is -3.34. The van der Waals surface area contributed by atoms with Crippen LogP contribution in [0.25, 0.3) is 11.1 Å². The van der Waals surface area contributed by atoms with Gasteiger partial charge in [-0.25, -0.2) is 13.4 Å². The van der Waals surface area contributed by atoms with Crippen LogP contribution in [0.3, 0.4) is 0 Å². The number of likely N-dealkylation sites (tertiary alicyclic amines) is 1. The van der Waals surface area contributed by atoms with E-state index in [9.17, 15) is 23.1 Å². The number of carbonyl (C=O) groups excluding carboxylic acids is 2. The summed E-state index contributed by atoms with van der Waals surface area (Å²) in [6, 6.07) is 14.7. The minimum absolute atomic E-state index is 0.166. The van der Waals surface area contributed by atoms with E-state index in [1.807, 2.05) is 17.0 Å². The molecule has 0 spiro atoms. The lowest BCUT2D eigenvalue weighted by molar-refractivity contribution is -0.133. The highest BCUT2D eigenvalue weighted by Crippen LogP contribution is 2.31. The standard InChI is InChI=1S/C34H40N4O8S/c1-44-34-23(4-3-14-35-34)19-38-20-24-17-28(38)33(41)36-18-31-29(39)12-8-25(46-31)13-15-45-30-16-22(7-11-27(30)32(40)37-24)21-5-9-26(10-6-21)47(2,42)43/h3-7,9-11,14,16,24-25,28-29,31,39H,8,12-13,15,17-20H2,1-2H3,(H,36,41)(H,37,40)/t24-,25-,28-,29-,31+/m0/s1. The number of amides is 2. The molecule has 3 aliphatic rings. The van der Waals surface area contributed by atoms with Crippen LogP contribution in [0.5, 0.6) is 11.6 Å². The number of pyridine rings is 1. The van der Waals surface area contributed by atoms with E-state index < -0.39 is 28.1 Å². The summed E-state index contributed by atoms with van der Waals surface area (Å²) in [6.07, 6.45) is 3.44. The van der Waals surface area contributed by atoms with Crippen LogP contribution in [0.1, 0.15) is 41.6 Å². The summed E-state index contributed by atoms with van der Waals surface area (Å²) in [6.45, 7) is 1.23. The van der Waals surface area contributed by atoms with Gasteiger partial charge in [0.1, 0.15) is 11.9 Å². The van der Waals surface area contributed by atoms with Crippen molar-refractivity contribution in [1.82, 2.24) is 20.5 Å². The number of carbonyl (C=O) groups is 2. The molecule has 2 fully saturated rings. The molecule has 3 N–H and O–H groups in total. The summed E-state index contributed by atoms with van der Waals surface area (Å²) in [5.74, 6) is 0.323. The van der Waals surface area contributed by atoms with E-state index in [0.29, 0.717) is 56.0 Å². The second-order valence-electron chi connectivity index (χ2n) is 12.4. The lowest BCUT2D eigenvalue weighted by Crippen LogP contribution is -2.50. The fourth-order valence-corrected chi connectivity index (χ4v) is 7.16. The molecule has 13 heteroatoms. The number of sulfone groups is 1. The monoisotopic (exact) mass is 664 g/mol. The number of nitrogens with zero attached hydrogens (tertiary/aromatic N) is 2. The van der Waals surface area contributed by atoms with Gasteiger partial charge in [-0.15, -0.1) is 0 Å². The first-order chi connectivity index (χ1) is 22.6. The van der Waals surface area contributed by atoms with Crippen LogP contribution in [0, 0.1) is 0 Å². The van der Waals surface area contributed by atoms with Crippen LogP contribution >= 0.6 is 0 Å². The zero-order valence-electron chi connectivity index (χ0n) is 26.4.